The molecule has 0 unspecified atom stereocenters. The van der Waals surface area contributed by atoms with E-state index in [9.17, 15) is 4.79 Å². The Morgan fingerprint density at radius 2 is 2.24 bits per heavy atom. The van der Waals surface area contributed by atoms with Crippen molar-refractivity contribution >= 4 is 29.3 Å². The van der Waals surface area contributed by atoms with E-state index in [2.05, 4.69) is 4.98 Å². The van der Waals surface area contributed by atoms with Crippen LogP contribution in [0.25, 0.3) is 0 Å². The lowest BCUT2D eigenvalue weighted by molar-refractivity contribution is -0.151. The van der Waals surface area contributed by atoms with Crippen LogP contribution in [0.4, 0.5) is 0 Å². The molecule has 94 valence electrons. The largest absolute Gasteiger partial charge is 0.459 e. The molecule has 0 radical (unpaired) electrons. The van der Waals surface area contributed by atoms with Crippen molar-refractivity contribution in [3.8, 4) is 0 Å². The molecule has 0 fully saturated rings. The zero-order valence-electron chi connectivity index (χ0n) is 10.2. The molecule has 1 heterocycles. The first-order valence-corrected chi connectivity index (χ1v) is 6.80. The average molecular weight is 274 g/mol. The Balaban J connectivity index is 2.31. The zero-order chi connectivity index (χ0) is 12.9. The van der Waals surface area contributed by atoms with Crippen LogP contribution in [0, 0.1) is 0 Å². The van der Waals surface area contributed by atoms with Gasteiger partial charge < -0.3 is 4.74 Å². The normalized spacial score (nSPS) is 11.3. The van der Waals surface area contributed by atoms with Gasteiger partial charge in [0, 0.05) is 11.9 Å². The van der Waals surface area contributed by atoms with Gasteiger partial charge in [0.25, 0.3) is 0 Å². The number of rotatable bonds is 4. The van der Waals surface area contributed by atoms with Gasteiger partial charge in [0.15, 0.2) is 0 Å². The molecule has 0 aliphatic carbocycles. The number of carbonyl (C=O) groups excluding carboxylic acids is 1. The Hall–Kier alpha value is -0.740. The van der Waals surface area contributed by atoms with E-state index in [4.69, 9.17) is 16.3 Å². The molecule has 0 aliphatic heterocycles. The SMILES string of the molecule is CC(C)(C)OC(=O)CSCc1ccnc(Cl)c1. The number of carbonyl (C=O) groups is 1. The molecule has 1 aromatic heterocycles. The number of aromatic nitrogens is 1. The third-order valence-corrected chi connectivity index (χ3v) is 2.88. The first-order valence-electron chi connectivity index (χ1n) is 5.27. The lowest BCUT2D eigenvalue weighted by atomic mass is 10.2. The summed E-state index contributed by atoms with van der Waals surface area (Å²) >= 11 is 7.26. The second-order valence-electron chi connectivity index (χ2n) is 4.57. The number of halogens is 1. The quantitative estimate of drug-likeness (QED) is 0.623. The Kier molecular flexibility index (Phi) is 5.28. The topological polar surface area (TPSA) is 39.2 Å². The zero-order valence-corrected chi connectivity index (χ0v) is 11.8. The van der Waals surface area contributed by atoms with Gasteiger partial charge in [-0.05, 0) is 38.5 Å². The molecule has 0 aromatic carbocycles. The van der Waals surface area contributed by atoms with Crippen LogP contribution in [-0.2, 0) is 15.3 Å². The van der Waals surface area contributed by atoms with Crippen LogP contribution in [0.1, 0.15) is 26.3 Å². The minimum atomic E-state index is -0.419. The highest BCUT2D eigenvalue weighted by molar-refractivity contribution is 7.99. The summed E-state index contributed by atoms with van der Waals surface area (Å²) in [7, 11) is 0. The molecule has 0 amide bonds. The van der Waals surface area contributed by atoms with E-state index in [-0.39, 0.29) is 5.97 Å². The number of nitrogens with zero attached hydrogens (tertiary/aromatic N) is 1. The molecule has 1 aromatic rings. The molecule has 5 heteroatoms. The number of thioether (sulfide) groups is 1. The fourth-order valence-electron chi connectivity index (χ4n) is 1.16. The second kappa shape index (κ2) is 6.26. The van der Waals surface area contributed by atoms with Crippen LogP contribution in [0.15, 0.2) is 18.3 Å². The second-order valence-corrected chi connectivity index (χ2v) is 5.94. The third kappa shape index (κ3) is 6.54. The van der Waals surface area contributed by atoms with Gasteiger partial charge in [0.2, 0.25) is 0 Å². The van der Waals surface area contributed by atoms with E-state index < -0.39 is 5.60 Å². The minimum Gasteiger partial charge on any atom is -0.459 e. The fraction of sp³-hybridized carbons (Fsp3) is 0.500. The smallest absolute Gasteiger partial charge is 0.316 e. The molecule has 17 heavy (non-hydrogen) atoms. The van der Waals surface area contributed by atoms with Crippen molar-refractivity contribution in [2.24, 2.45) is 0 Å². The van der Waals surface area contributed by atoms with Crippen molar-refractivity contribution in [1.82, 2.24) is 4.98 Å². The summed E-state index contributed by atoms with van der Waals surface area (Å²) in [6.45, 7) is 5.58. The number of hydrogen-bond acceptors (Lipinski definition) is 4. The Morgan fingerprint density at radius 1 is 1.53 bits per heavy atom. The maximum atomic E-state index is 11.4. The lowest BCUT2D eigenvalue weighted by Gasteiger charge is -2.19. The van der Waals surface area contributed by atoms with Gasteiger partial charge in [0.1, 0.15) is 10.8 Å². The Labute approximate surface area is 111 Å². The number of hydrogen-bond donors (Lipinski definition) is 0. The van der Waals surface area contributed by atoms with Gasteiger partial charge in [0.05, 0.1) is 5.75 Å². The van der Waals surface area contributed by atoms with Gasteiger partial charge >= 0.3 is 5.97 Å². The standard InChI is InChI=1S/C12H16ClNO2S/c1-12(2,3)16-11(15)8-17-7-9-4-5-14-10(13)6-9/h4-6H,7-8H2,1-3H3. The molecule has 1 rings (SSSR count). The molecule has 0 spiro atoms. The number of ether oxygens (including phenoxy) is 1. The van der Waals surface area contributed by atoms with Crippen LogP contribution in [0.5, 0.6) is 0 Å². The monoisotopic (exact) mass is 273 g/mol. The lowest BCUT2D eigenvalue weighted by Crippen LogP contribution is -2.24. The van der Waals surface area contributed by atoms with E-state index in [0.717, 1.165) is 11.3 Å². The average Bonchev–Trinajstić information content (AvgIpc) is 2.14. The summed E-state index contributed by atoms with van der Waals surface area (Å²) in [5, 5.41) is 0.473. The summed E-state index contributed by atoms with van der Waals surface area (Å²) in [5.74, 6) is 0.876. The minimum absolute atomic E-state index is 0.192. The highest BCUT2D eigenvalue weighted by Gasteiger charge is 2.15. The predicted octanol–water partition coefficient (Wildman–Crippen LogP) is 3.31. The van der Waals surface area contributed by atoms with Crippen LogP contribution in [0.3, 0.4) is 0 Å². The van der Waals surface area contributed by atoms with E-state index >= 15 is 0 Å². The van der Waals surface area contributed by atoms with E-state index in [0.29, 0.717) is 10.9 Å². The summed E-state index contributed by atoms with van der Waals surface area (Å²) in [5.41, 5.74) is 0.635. The maximum absolute atomic E-state index is 11.4. The summed E-state index contributed by atoms with van der Waals surface area (Å²) in [6, 6.07) is 3.68. The Morgan fingerprint density at radius 3 is 2.82 bits per heavy atom. The molecule has 0 bridgehead atoms. The molecular formula is C12H16ClNO2S. The first kappa shape index (κ1) is 14.3. The molecular weight excluding hydrogens is 258 g/mol. The van der Waals surface area contributed by atoms with Crippen molar-refractivity contribution in [2.45, 2.75) is 32.1 Å². The first-order chi connectivity index (χ1) is 7.87. The highest BCUT2D eigenvalue weighted by atomic mass is 35.5. The van der Waals surface area contributed by atoms with Gasteiger partial charge in [-0.2, -0.15) is 0 Å². The van der Waals surface area contributed by atoms with Gasteiger partial charge in [-0.1, -0.05) is 11.6 Å². The molecule has 0 atom stereocenters. The van der Waals surface area contributed by atoms with Crippen LogP contribution >= 0.6 is 23.4 Å². The van der Waals surface area contributed by atoms with Gasteiger partial charge in [-0.3, -0.25) is 4.79 Å². The number of pyridine rings is 1. The molecule has 0 saturated carbocycles. The highest BCUT2D eigenvalue weighted by Crippen LogP contribution is 2.16. The molecule has 0 saturated heterocycles. The van der Waals surface area contributed by atoms with Gasteiger partial charge in [-0.25, -0.2) is 4.98 Å². The van der Waals surface area contributed by atoms with E-state index in [1.54, 1.807) is 12.3 Å². The van der Waals surface area contributed by atoms with Gasteiger partial charge in [-0.15, -0.1) is 11.8 Å². The molecule has 0 aliphatic rings. The van der Waals surface area contributed by atoms with Crippen LogP contribution in [0.2, 0.25) is 5.15 Å². The van der Waals surface area contributed by atoms with Crippen LogP contribution in [-0.4, -0.2) is 22.3 Å². The van der Waals surface area contributed by atoms with Crippen molar-refractivity contribution in [2.75, 3.05) is 5.75 Å². The van der Waals surface area contributed by atoms with Crippen molar-refractivity contribution in [3.05, 3.63) is 29.0 Å². The van der Waals surface area contributed by atoms with E-state index in [1.165, 1.54) is 11.8 Å². The molecule has 3 nitrogen and oxygen atoms in total. The van der Waals surface area contributed by atoms with Crippen LogP contribution < -0.4 is 0 Å². The third-order valence-electron chi connectivity index (χ3n) is 1.70. The number of esters is 1. The fourth-order valence-corrected chi connectivity index (χ4v) is 2.09. The summed E-state index contributed by atoms with van der Waals surface area (Å²) < 4.78 is 5.20. The van der Waals surface area contributed by atoms with Crippen molar-refractivity contribution in [3.63, 3.8) is 0 Å². The Bertz CT molecular complexity index is 390. The van der Waals surface area contributed by atoms with Crippen molar-refractivity contribution < 1.29 is 9.53 Å². The summed E-state index contributed by atoms with van der Waals surface area (Å²) in [4.78, 5) is 15.3. The van der Waals surface area contributed by atoms with Crippen molar-refractivity contribution in [1.29, 1.82) is 0 Å². The maximum Gasteiger partial charge on any atom is 0.316 e. The molecule has 0 N–H and O–H groups in total. The van der Waals surface area contributed by atoms with E-state index in [1.807, 2.05) is 26.8 Å². The predicted molar refractivity (Wildman–Crippen MR) is 71.3 cm³/mol. The summed E-state index contributed by atoms with van der Waals surface area (Å²) in [6.07, 6.45) is 1.66.